The summed E-state index contributed by atoms with van der Waals surface area (Å²) in [5.74, 6) is 0.807. The molecule has 2 aromatic rings. The Labute approximate surface area is 131 Å². The van der Waals surface area contributed by atoms with Crippen molar-refractivity contribution in [3.05, 3.63) is 28.8 Å². The molecule has 1 saturated heterocycles. The smallest absolute Gasteiger partial charge is 0.0951 e. The average molecular weight is 303 g/mol. The summed E-state index contributed by atoms with van der Waals surface area (Å²) in [6, 6.07) is 7.33. The Morgan fingerprint density at radius 3 is 2.90 bits per heavy atom. The molecule has 0 aliphatic carbocycles. The van der Waals surface area contributed by atoms with Gasteiger partial charge in [-0.25, -0.2) is 4.98 Å². The van der Waals surface area contributed by atoms with Crippen molar-refractivity contribution in [1.82, 2.24) is 15.2 Å². The van der Waals surface area contributed by atoms with E-state index in [4.69, 9.17) is 4.98 Å². The standard InChI is InChI=1S/C17H25N3S/c1-12-4-6-14(18-11-12)13-5-7-16-15(10-13)19-17(21-16)8-9-20(2)3/h5,7,10,12,14,18H,4,6,8-9,11H2,1-3H3/t12-,14+/m1/s1. The topological polar surface area (TPSA) is 28.2 Å². The van der Waals surface area contributed by atoms with Crippen LogP contribution in [0.3, 0.4) is 0 Å². The van der Waals surface area contributed by atoms with Gasteiger partial charge in [-0.2, -0.15) is 0 Å². The minimum Gasteiger partial charge on any atom is -0.310 e. The van der Waals surface area contributed by atoms with Crippen LogP contribution in [0.2, 0.25) is 0 Å². The van der Waals surface area contributed by atoms with Crippen molar-refractivity contribution in [3.8, 4) is 0 Å². The van der Waals surface area contributed by atoms with Crippen molar-refractivity contribution in [1.29, 1.82) is 0 Å². The molecule has 1 fully saturated rings. The van der Waals surface area contributed by atoms with E-state index in [1.165, 1.54) is 33.6 Å². The molecule has 3 nitrogen and oxygen atoms in total. The first kappa shape index (κ1) is 14.9. The normalized spacial score (nSPS) is 23.0. The molecular weight excluding hydrogens is 278 g/mol. The quantitative estimate of drug-likeness (QED) is 0.937. The second-order valence-corrected chi connectivity index (χ2v) is 7.65. The second kappa shape index (κ2) is 6.42. The summed E-state index contributed by atoms with van der Waals surface area (Å²) < 4.78 is 1.32. The fourth-order valence-corrected chi connectivity index (χ4v) is 3.85. The first-order valence-electron chi connectivity index (χ1n) is 7.89. The number of aromatic nitrogens is 1. The maximum Gasteiger partial charge on any atom is 0.0951 e. The van der Waals surface area contributed by atoms with Crippen LogP contribution in [0.1, 0.15) is 36.4 Å². The third kappa shape index (κ3) is 3.62. The Morgan fingerprint density at radius 1 is 1.33 bits per heavy atom. The van der Waals surface area contributed by atoms with E-state index in [0.29, 0.717) is 6.04 Å². The minimum atomic E-state index is 0.512. The number of rotatable bonds is 4. The lowest BCUT2D eigenvalue weighted by Gasteiger charge is -2.28. The maximum absolute atomic E-state index is 4.82. The third-order valence-electron chi connectivity index (χ3n) is 4.29. The number of hydrogen-bond donors (Lipinski definition) is 1. The summed E-state index contributed by atoms with van der Waals surface area (Å²) >= 11 is 1.84. The first-order chi connectivity index (χ1) is 10.1. The van der Waals surface area contributed by atoms with E-state index in [0.717, 1.165) is 25.4 Å². The Balaban J connectivity index is 1.76. The van der Waals surface area contributed by atoms with Crippen LogP contribution in [0.4, 0.5) is 0 Å². The number of likely N-dealkylation sites (N-methyl/N-ethyl adjacent to an activating group) is 1. The number of piperidine rings is 1. The summed E-state index contributed by atoms with van der Waals surface area (Å²) in [6.07, 6.45) is 3.60. The molecule has 1 N–H and O–H groups in total. The number of nitrogens with one attached hydrogen (secondary N) is 1. The molecule has 2 atom stereocenters. The van der Waals surface area contributed by atoms with Gasteiger partial charge in [-0.3, -0.25) is 0 Å². The van der Waals surface area contributed by atoms with Crippen molar-refractivity contribution < 1.29 is 0 Å². The summed E-state index contributed by atoms with van der Waals surface area (Å²) in [5.41, 5.74) is 2.57. The van der Waals surface area contributed by atoms with Gasteiger partial charge in [0.05, 0.1) is 15.2 Å². The Bertz CT molecular complexity index is 597. The Morgan fingerprint density at radius 2 is 2.19 bits per heavy atom. The van der Waals surface area contributed by atoms with Gasteiger partial charge in [-0.05, 0) is 57.1 Å². The van der Waals surface area contributed by atoms with Crippen LogP contribution in [0, 0.1) is 5.92 Å². The largest absolute Gasteiger partial charge is 0.310 e. The molecule has 21 heavy (non-hydrogen) atoms. The van der Waals surface area contributed by atoms with Crippen molar-refractivity contribution in [2.75, 3.05) is 27.2 Å². The monoisotopic (exact) mass is 303 g/mol. The molecule has 4 heteroatoms. The van der Waals surface area contributed by atoms with Gasteiger partial charge in [0.15, 0.2) is 0 Å². The van der Waals surface area contributed by atoms with E-state index in [9.17, 15) is 0 Å². The Hall–Kier alpha value is -0.970. The molecule has 0 spiro atoms. The van der Waals surface area contributed by atoms with Crippen LogP contribution in [0.15, 0.2) is 18.2 Å². The molecule has 0 amide bonds. The van der Waals surface area contributed by atoms with Crippen LogP contribution in [-0.2, 0) is 6.42 Å². The molecule has 0 saturated carbocycles. The zero-order valence-electron chi connectivity index (χ0n) is 13.2. The fourth-order valence-electron chi connectivity index (χ4n) is 2.92. The zero-order chi connectivity index (χ0) is 14.8. The molecule has 1 aromatic heterocycles. The fraction of sp³-hybridized carbons (Fsp3) is 0.588. The highest BCUT2D eigenvalue weighted by Gasteiger charge is 2.19. The van der Waals surface area contributed by atoms with Crippen LogP contribution in [0.5, 0.6) is 0 Å². The molecule has 114 valence electrons. The molecule has 1 aromatic carbocycles. The van der Waals surface area contributed by atoms with E-state index in [1.807, 2.05) is 11.3 Å². The second-order valence-electron chi connectivity index (χ2n) is 6.53. The summed E-state index contributed by atoms with van der Waals surface area (Å²) in [4.78, 5) is 7.03. The van der Waals surface area contributed by atoms with Gasteiger partial charge >= 0.3 is 0 Å². The van der Waals surface area contributed by atoms with Gasteiger partial charge in [-0.1, -0.05) is 13.0 Å². The molecule has 0 radical (unpaired) electrons. The molecular formula is C17H25N3S. The average Bonchev–Trinajstić information content (AvgIpc) is 2.88. The predicted molar refractivity (Wildman–Crippen MR) is 91.0 cm³/mol. The van der Waals surface area contributed by atoms with Crippen LogP contribution < -0.4 is 5.32 Å². The summed E-state index contributed by atoms with van der Waals surface area (Å²) in [6.45, 7) is 4.52. The van der Waals surface area contributed by atoms with E-state index >= 15 is 0 Å². The van der Waals surface area contributed by atoms with Crippen molar-refractivity contribution in [3.63, 3.8) is 0 Å². The van der Waals surface area contributed by atoms with E-state index in [-0.39, 0.29) is 0 Å². The van der Waals surface area contributed by atoms with Crippen LogP contribution >= 0.6 is 11.3 Å². The first-order valence-corrected chi connectivity index (χ1v) is 8.71. The van der Waals surface area contributed by atoms with Crippen LogP contribution in [-0.4, -0.2) is 37.1 Å². The van der Waals surface area contributed by atoms with Gasteiger partial charge in [0, 0.05) is 19.0 Å². The van der Waals surface area contributed by atoms with Crippen LogP contribution in [0.25, 0.3) is 10.2 Å². The highest BCUT2D eigenvalue weighted by atomic mass is 32.1. The van der Waals surface area contributed by atoms with Crippen molar-refractivity contribution in [2.24, 2.45) is 5.92 Å². The van der Waals surface area contributed by atoms with E-state index in [2.05, 4.69) is 49.4 Å². The van der Waals surface area contributed by atoms with E-state index in [1.54, 1.807) is 0 Å². The summed E-state index contributed by atoms with van der Waals surface area (Å²) in [7, 11) is 4.22. The Kier molecular flexibility index (Phi) is 4.57. The molecule has 3 rings (SSSR count). The van der Waals surface area contributed by atoms with Gasteiger partial charge in [0.2, 0.25) is 0 Å². The number of fused-ring (bicyclic) bond motifs is 1. The molecule has 1 aliphatic rings. The maximum atomic E-state index is 4.82. The third-order valence-corrected chi connectivity index (χ3v) is 5.39. The molecule has 0 bridgehead atoms. The SMILES string of the molecule is C[C@@H]1CC[C@@H](c2ccc3sc(CCN(C)C)nc3c2)NC1. The van der Waals surface area contributed by atoms with Crippen molar-refractivity contribution in [2.45, 2.75) is 32.2 Å². The number of benzene rings is 1. The lowest BCUT2D eigenvalue weighted by Crippen LogP contribution is -2.31. The van der Waals surface area contributed by atoms with Gasteiger partial charge in [0.1, 0.15) is 0 Å². The number of hydrogen-bond acceptors (Lipinski definition) is 4. The van der Waals surface area contributed by atoms with Crippen molar-refractivity contribution >= 4 is 21.6 Å². The molecule has 0 unspecified atom stereocenters. The lowest BCUT2D eigenvalue weighted by atomic mass is 9.92. The van der Waals surface area contributed by atoms with Gasteiger partial charge < -0.3 is 10.2 Å². The highest BCUT2D eigenvalue weighted by molar-refractivity contribution is 7.18. The molecule has 2 heterocycles. The lowest BCUT2D eigenvalue weighted by molar-refractivity contribution is 0.333. The van der Waals surface area contributed by atoms with Gasteiger partial charge in [0.25, 0.3) is 0 Å². The molecule has 1 aliphatic heterocycles. The highest BCUT2D eigenvalue weighted by Crippen LogP contribution is 2.30. The minimum absolute atomic E-state index is 0.512. The van der Waals surface area contributed by atoms with Gasteiger partial charge in [-0.15, -0.1) is 11.3 Å². The zero-order valence-corrected chi connectivity index (χ0v) is 14.0. The number of nitrogens with zero attached hydrogens (tertiary/aromatic N) is 2. The number of thiazole rings is 1. The van der Waals surface area contributed by atoms with E-state index < -0.39 is 0 Å². The predicted octanol–water partition coefficient (Wildman–Crippen LogP) is 3.46. The summed E-state index contributed by atoms with van der Waals surface area (Å²) in [5, 5.41) is 4.92.